The van der Waals surface area contributed by atoms with Crippen LogP contribution in [0.4, 0.5) is 18.9 Å². The second kappa shape index (κ2) is 5.36. The lowest BCUT2D eigenvalue weighted by molar-refractivity contribution is -0.136. The van der Waals surface area contributed by atoms with Crippen LogP contribution in [0.1, 0.15) is 53.5 Å². The summed E-state index contributed by atoms with van der Waals surface area (Å²) in [6.07, 6.45) is -2.77. The van der Waals surface area contributed by atoms with Gasteiger partial charge in [0.2, 0.25) is 0 Å². The minimum Gasteiger partial charge on any atom is -0.397 e. The van der Waals surface area contributed by atoms with Crippen LogP contribution >= 0.6 is 11.3 Å². The summed E-state index contributed by atoms with van der Waals surface area (Å²) in [7, 11) is 0. The zero-order valence-electron chi connectivity index (χ0n) is 12.6. The van der Waals surface area contributed by atoms with Crippen molar-refractivity contribution in [2.45, 2.75) is 44.8 Å². The molecular weight excluding hydrogens is 327 g/mol. The van der Waals surface area contributed by atoms with Gasteiger partial charge in [0.25, 0.3) is 5.91 Å². The van der Waals surface area contributed by atoms with Gasteiger partial charge in [-0.15, -0.1) is 11.3 Å². The van der Waals surface area contributed by atoms with E-state index >= 15 is 0 Å². The van der Waals surface area contributed by atoms with Gasteiger partial charge in [0.1, 0.15) is 9.71 Å². The summed E-state index contributed by atoms with van der Waals surface area (Å²) in [5.41, 5.74) is 5.23. The van der Waals surface area contributed by atoms with Crippen molar-refractivity contribution in [2.75, 3.05) is 5.73 Å². The number of fused-ring (bicyclic) bond motifs is 1. The van der Waals surface area contributed by atoms with Gasteiger partial charge in [-0.2, -0.15) is 13.2 Å². The van der Waals surface area contributed by atoms with E-state index in [9.17, 15) is 18.0 Å². The number of rotatable bonds is 3. The maximum absolute atomic E-state index is 13.4. The first-order valence-electron chi connectivity index (χ1n) is 7.29. The van der Waals surface area contributed by atoms with E-state index in [0.717, 1.165) is 30.2 Å². The summed E-state index contributed by atoms with van der Waals surface area (Å²) >= 11 is 0.915. The van der Waals surface area contributed by atoms with Gasteiger partial charge < -0.3 is 11.1 Å². The summed E-state index contributed by atoms with van der Waals surface area (Å²) in [5.74, 6) is -0.584. The molecule has 1 amide bonds. The average Bonchev–Trinajstić information content (AvgIpc) is 3.19. The molecule has 0 atom stereocenters. The lowest BCUT2D eigenvalue weighted by atomic mass is 10.0. The van der Waals surface area contributed by atoms with Crippen LogP contribution in [0.5, 0.6) is 0 Å². The Kier molecular flexibility index (Phi) is 3.74. The topological polar surface area (TPSA) is 68.0 Å². The van der Waals surface area contributed by atoms with Crippen molar-refractivity contribution in [3.05, 3.63) is 22.2 Å². The number of hydrogen-bond donors (Lipinski definition) is 2. The molecule has 1 aliphatic rings. The van der Waals surface area contributed by atoms with E-state index in [1.807, 2.05) is 0 Å². The van der Waals surface area contributed by atoms with Crippen molar-refractivity contribution < 1.29 is 18.0 Å². The molecule has 2 heterocycles. The average molecular weight is 343 g/mol. The van der Waals surface area contributed by atoms with Gasteiger partial charge in [0.05, 0.1) is 11.3 Å². The first kappa shape index (κ1) is 16.0. The highest BCUT2D eigenvalue weighted by Crippen LogP contribution is 2.43. The monoisotopic (exact) mass is 343 g/mol. The molecule has 0 unspecified atom stereocenters. The van der Waals surface area contributed by atoms with Crippen molar-refractivity contribution in [3.8, 4) is 0 Å². The Morgan fingerprint density at radius 3 is 2.61 bits per heavy atom. The van der Waals surface area contributed by atoms with Crippen LogP contribution < -0.4 is 11.1 Å². The molecule has 0 aliphatic heterocycles. The number of amides is 1. The molecule has 3 rings (SSSR count). The van der Waals surface area contributed by atoms with E-state index in [2.05, 4.69) is 10.3 Å². The van der Waals surface area contributed by atoms with Crippen molar-refractivity contribution in [1.29, 1.82) is 0 Å². The fraction of sp³-hybridized carbons (Fsp3) is 0.467. The zero-order chi connectivity index (χ0) is 16.9. The molecule has 3 N–H and O–H groups in total. The zero-order valence-corrected chi connectivity index (χ0v) is 13.4. The molecule has 0 saturated heterocycles. The second-order valence-corrected chi connectivity index (χ2v) is 7.02. The molecule has 0 aromatic carbocycles. The number of carbonyl (C=O) groups excluding carboxylic acids is 1. The van der Waals surface area contributed by atoms with Crippen LogP contribution in [-0.2, 0) is 6.18 Å². The highest BCUT2D eigenvalue weighted by molar-refractivity contribution is 7.21. The lowest BCUT2D eigenvalue weighted by Gasteiger charge is -2.12. The molecule has 1 saturated carbocycles. The molecule has 2 aromatic heterocycles. The van der Waals surface area contributed by atoms with E-state index in [-0.39, 0.29) is 32.7 Å². The van der Waals surface area contributed by atoms with E-state index in [1.54, 1.807) is 13.8 Å². The maximum Gasteiger partial charge on any atom is 0.417 e. The Morgan fingerprint density at radius 2 is 2.09 bits per heavy atom. The van der Waals surface area contributed by atoms with E-state index in [0.29, 0.717) is 5.69 Å². The largest absolute Gasteiger partial charge is 0.417 e. The van der Waals surface area contributed by atoms with Crippen molar-refractivity contribution in [3.63, 3.8) is 0 Å². The summed E-state index contributed by atoms with van der Waals surface area (Å²) in [5, 5.41) is 2.58. The van der Waals surface area contributed by atoms with Crippen molar-refractivity contribution >= 4 is 33.1 Å². The van der Waals surface area contributed by atoms with Crippen LogP contribution in [0.25, 0.3) is 10.2 Å². The van der Waals surface area contributed by atoms with Crippen molar-refractivity contribution in [2.24, 2.45) is 0 Å². The van der Waals surface area contributed by atoms with Crippen LogP contribution in [0.15, 0.2) is 6.07 Å². The number of nitrogens with zero attached hydrogens (tertiary/aromatic N) is 1. The lowest BCUT2D eigenvalue weighted by Crippen LogP contribution is -2.25. The Bertz CT molecular complexity index is 778. The number of thiophene rings is 1. The number of nitrogens with one attached hydrogen (secondary N) is 1. The van der Waals surface area contributed by atoms with Gasteiger partial charge in [-0.1, -0.05) is 13.8 Å². The molecule has 124 valence electrons. The number of hydrogen-bond acceptors (Lipinski definition) is 4. The molecule has 0 spiro atoms. The molecule has 1 aliphatic carbocycles. The van der Waals surface area contributed by atoms with Crippen LogP contribution in [0, 0.1) is 0 Å². The summed E-state index contributed by atoms with van der Waals surface area (Å²) in [6, 6.07) is 1.13. The number of alkyl halides is 3. The fourth-order valence-corrected chi connectivity index (χ4v) is 3.34. The third-order valence-corrected chi connectivity index (χ3v) is 4.83. The smallest absolute Gasteiger partial charge is 0.397 e. The quantitative estimate of drug-likeness (QED) is 0.888. The number of anilines is 1. The Balaban J connectivity index is 2.19. The van der Waals surface area contributed by atoms with Gasteiger partial charge in [-0.3, -0.25) is 4.79 Å². The number of halogens is 3. The van der Waals surface area contributed by atoms with Crippen LogP contribution in [0.3, 0.4) is 0 Å². The number of pyridine rings is 1. The highest BCUT2D eigenvalue weighted by atomic mass is 32.1. The summed E-state index contributed by atoms with van der Waals surface area (Å²) < 4.78 is 40.2. The number of nitrogens with two attached hydrogens (primary N) is 1. The van der Waals surface area contributed by atoms with Crippen LogP contribution in [-0.4, -0.2) is 16.9 Å². The first-order chi connectivity index (χ1) is 10.7. The number of nitrogen functional groups attached to an aromatic ring is 1. The molecule has 1 fully saturated rings. The van der Waals surface area contributed by atoms with Gasteiger partial charge in [-0.25, -0.2) is 4.98 Å². The van der Waals surface area contributed by atoms with Gasteiger partial charge in [0, 0.05) is 17.1 Å². The van der Waals surface area contributed by atoms with E-state index in [1.165, 1.54) is 0 Å². The molecule has 4 nitrogen and oxygen atoms in total. The van der Waals surface area contributed by atoms with Crippen molar-refractivity contribution in [1.82, 2.24) is 10.3 Å². The molecule has 2 aromatic rings. The third kappa shape index (κ3) is 2.99. The molecule has 0 radical (unpaired) electrons. The minimum absolute atomic E-state index is 0.103. The van der Waals surface area contributed by atoms with Gasteiger partial charge in [0.15, 0.2) is 0 Å². The standard InChI is InChI=1S/C15H16F3N3OS/c1-6(2)9-5-8(15(16,17)18)10-11(19)12(23-14(10)21-9)13(22)20-7-3-4-7/h5-7H,3-4,19H2,1-2H3,(H,20,22). The molecule has 8 heteroatoms. The fourth-order valence-electron chi connectivity index (χ4n) is 2.31. The second-order valence-electron chi connectivity index (χ2n) is 6.02. The molecule has 23 heavy (non-hydrogen) atoms. The maximum atomic E-state index is 13.4. The van der Waals surface area contributed by atoms with E-state index in [4.69, 9.17) is 5.73 Å². The molecular formula is C15H16F3N3OS. The minimum atomic E-state index is -4.55. The van der Waals surface area contributed by atoms with E-state index < -0.39 is 17.6 Å². The first-order valence-corrected chi connectivity index (χ1v) is 8.11. The predicted octanol–water partition coefficient (Wildman–Crippen LogP) is 3.91. The Morgan fingerprint density at radius 1 is 1.43 bits per heavy atom. The Hall–Kier alpha value is -1.83. The highest BCUT2D eigenvalue weighted by Gasteiger charge is 2.36. The predicted molar refractivity (Wildman–Crippen MR) is 83.6 cm³/mol. The molecule has 0 bridgehead atoms. The number of carbonyl (C=O) groups is 1. The summed E-state index contributed by atoms with van der Waals surface area (Å²) in [6.45, 7) is 3.54. The van der Waals surface area contributed by atoms with Gasteiger partial charge >= 0.3 is 6.18 Å². The SMILES string of the molecule is CC(C)c1cc(C(F)(F)F)c2c(N)c(C(=O)NC3CC3)sc2n1. The number of aromatic nitrogens is 1. The van der Waals surface area contributed by atoms with Gasteiger partial charge in [-0.05, 0) is 24.8 Å². The van der Waals surface area contributed by atoms with Crippen LogP contribution in [0.2, 0.25) is 0 Å². The summed E-state index contributed by atoms with van der Waals surface area (Å²) in [4.78, 5) is 16.7. The normalized spacial score (nSPS) is 15.4. The Labute approximate surface area is 134 Å². The third-order valence-electron chi connectivity index (χ3n) is 3.73.